The zero-order valence-corrected chi connectivity index (χ0v) is 25.3. The maximum atomic E-state index is 13.1. The highest BCUT2D eigenvalue weighted by Gasteiger charge is 2.44. The largest absolute Gasteiger partial charge is 0.463 e. The highest BCUT2D eigenvalue weighted by atomic mass is 19.3. The van der Waals surface area contributed by atoms with E-state index in [-0.39, 0.29) is 17.3 Å². The van der Waals surface area contributed by atoms with Crippen LogP contribution in [0.15, 0.2) is 48.8 Å². The number of nitrogens with zero attached hydrogens (tertiary/aromatic N) is 3. The van der Waals surface area contributed by atoms with Crippen LogP contribution in [-0.4, -0.2) is 83.8 Å². The maximum Gasteiger partial charge on any atom is 0.309 e. The number of ether oxygens (including phenoxy) is 2. The quantitative estimate of drug-likeness (QED) is 0.187. The molecule has 1 aliphatic carbocycles. The number of aromatic nitrogens is 3. The molecule has 4 heterocycles. The summed E-state index contributed by atoms with van der Waals surface area (Å²) in [7, 11) is 0. The van der Waals surface area contributed by atoms with Gasteiger partial charge in [-0.2, -0.15) is 0 Å². The Morgan fingerprint density at radius 2 is 1.76 bits per heavy atom. The summed E-state index contributed by atoms with van der Waals surface area (Å²) in [5.74, 6) is -0.464. The van der Waals surface area contributed by atoms with Crippen molar-refractivity contribution in [2.45, 2.75) is 82.3 Å². The third-order valence-electron chi connectivity index (χ3n) is 8.77. The number of anilines is 2. The van der Waals surface area contributed by atoms with Crippen LogP contribution in [0.5, 0.6) is 0 Å². The fourth-order valence-electron chi connectivity index (χ4n) is 5.96. The summed E-state index contributed by atoms with van der Waals surface area (Å²) in [6.07, 6.45) is -5.50. The van der Waals surface area contributed by atoms with Crippen molar-refractivity contribution in [3.63, 3.8) is 0 Å². The third kappa shape index (κ3) is 7.48. The van der Waals surface area contributed by atoms with Gasteiger partial charge in [-0.15, -0.1) is 0 Å². The van der Waals surface area contributed by atoms with Crippen LogP contribution in [0.25, 0.3) is 11.3 Å². The number of aryl methyl sites for hydroxylation is 1. The first-order chi connectivity index (χ1) is 21.8. The van der Waals surface area contributed by atoms with E-state index in [0.29, 0.717) is 48.5 Å². The molecule has 1 saturated heterocycles. The van der Waals surface area contributed by atoms with Crippen LogP contribution in [0.2, 0.25) is 0 Å². The summed E-state index contributed by atoms with van der Waals surface area (Å²) in [5, 5.41) is 53.7. The van der Waals surface area contributed by atoms with E-state index in [1.165, 1.54) is 18.3 Å². The van der Waals surface area contributed by atoms with Gasteiger partial charge < -0.3 is 40.3 Å². The van der Waals surface area contributed by atoms with E-state index in [0.717, 1.165) is 5.56 Å². The molecule has 1 saturated carbocycles. The summed E-state index contributed by atoms with van der Waals surface area (Å²) >= 11 is 0. The van der Waals surface area contributed by atoms with Crippen LogP contribution in [0.4, 0.5) is 20.4 Å². The lowest BCUT2D eigenvalue weighted by molar-refractivity contribution is -0.287. The van der Waals surface area contributed by atoms with Gasteiger partial charge in [0.15, 0.2) is 6.29 Å². The third-order valence-corrected chi connectivity index (χ3v) is 8.77. The van der Waals surface area contributed by atoms with Crippen LogP contribution in [-0.2, 0) is 19.9 Å². The zero-order chi connectivity index (χ0) is 33.2. The van der Waals surface area contributed by atoms with Gasteiger partial charge in [-0.3, -0.25) is 9.78 Å². The average Bonchev–Trinajstić information content (AvgIpc) is 3.04. The molecule has 0 radical (unpaired) electrons. The molecule has 46 heavy (non-hydrogen) atoms. The van der Waals surface area contributed by atoms with Gasteiger partial charge in [0, 0.05) is 23.5 Å². The lowest BCUT2D eigenvalue weighted by atomic mass is 9.73. The molecular formula is C32H38F2N4O8. The Balaban J connectivity index is 1.18. The minimum absolute atomic E-state index is 0.151. The van der Waals surface area contributed by atoms with Crippen molar-refractivity contribution in [3.8, 4) is 11.3 Å². The first-order valence-electron chi connectivity index (χ1n) is 15.1. The van der Waals surface area contributed by atoms with E-state index < -0.39 is 61.2 Å². The SMILES string of the molecule is Cc1cc(Nc2cc(C(F)F)ccn2)nc(-c2ccc([C@](C)(O)[C@H]3CC[C@H](C(=O)OC[C@H]4OC(O)[C@H](O)[C@@H](O)[C@@H]4O)CC3)nc2)c1. The molecule has 1 unspecified atom stereocenters. The van der Waals surface area contributed by atoms with Crippen molar-refractivity contribution in [3.05, 3.63) is 65.6 Å². The predicted octanol–water partition coefficient (Wildman–Crippen LogP) is 2.89. The van der Waals surface area contributed by atoms with Crippen molar-refractivity contribution in [2.24, 2.45) is 11.8 Å². The van der Waals surface area contributed by atoms with Crippen LogP contribution >= 0.6 is 0 Å². The summed E-state index contributed by atoms with van der Waals surface area (Å²) in [5.41, 5.74) is 1.19. The van der Waals surface area contributed by atoms with Gasteiger partial charge in [-0.05, 0) is 87.4 Å². The number of hydrogen-bond donors (Lipinski definition) is 6. The number of hydrogen-bond acceptors (Lipinski definition) is 12. The lowest BCUT2D eigenvalue weighted by Gasteiger charge is -2.38. The molecular weight excluding hydrogens is 606 g/mol. The Morgan fingerprint density at radius 3 is 2.43 bits per heavy atom. The Morgan fingerprint density at radius 1 is 1.02 bits per heavy atom. The molecule has 14 heteroatoms. The Bertz CT molecular complexity index is 1500. The molecule has 12 nitrogen and oxygen atoms in total. The molecule has 1 aliphatic heterocycles. The van der Waals surface area contributed by atoms with Gasteiger partial charge in [0.25, 0.3) is 6.43 Å². The van der Waals surface area contributed by atoms with E-state index in [2.05, 4.69) is 20.3 Å². The van der Waals surface area contributed by atoms with Crippen molar-refractivity contribution < 1.29 is 48.6 Å². The maximum absolute atomic E-state index is 13.1. The minimum atomic E-state index is -2.62. The van der Waals surface area contributed by atoms with E-state index in [4.69, 9.17) is 9.47 Å². The van der Waals surface area contributed by atoms with Crippen molar-refractivity contribution in [2.75, 3.05) is 11.9 Å². The van der Waals surface area contributed by atoms with Crippen LogP contribution in [0.1, 0.15) is 55.9 Å². The van der Waals surface area contributed by atoms with Crippen molar-refractivity contribution in [1.82, 2.24) is 15.0 Å². The minimum Gasteiger partial charge on any atom is -0.463 e. The van der Waals surface area contributed by atoms with Gasteiger partial charge in [-0.25, -0.2) is 18.7 Å². The van der Waals surface area contributed by atoms with Gasteiger partial charge in [0.05, 0.1) is 17.3 Å². The molecule has 3 aromatic heterocycles. The van der Waals surface area contributed by atoms with Gasteiger partial charge in [-0.1, -0.05) is 0 Å². The molecule has 3 aromatic rings. The standard InChI is InChI=1S/C32H38F2N4O8/c1-16-11-21(37-25(12-16)38-24-13-18(29(33)34)9-10-35-24)19-5-8-23(36-14-19)32(2,44)20-6-3-17(4-7-20)30(42)45-15-22-26(39)27(40)28(41)31(43)46-22/h5,8-14,17,20,22,26-29,31,39-41,43-44H,3-4,6-7,15H2,1-2H3,(H,35,37,38)/t17-,20-,22-,26-,27+,28-,31?,32-/m1/s1. The average molecular weight is 645 g/mol. The fraction of sp³-hybridized carbons (Fsp3) is 0.500. The van der Waals surface area contributed by atoms with Gasteiger partial charge >= 0.3 is 5.97 Å². The summed E-state index contributed by atoms with van der Waals surface area (Å²) in [6, 6.07) is 9.68. The second-order valence-corrected chi connectivity index (χ2v) is 12.1. The molecule has 2 aliphatic rings. The van der Waals surface area contributed by atoms with Gasteiger partial charge in [0.2, 0.25) is 0 Å². The summed E-state index contributed by atoms with van der Waals surface area (Å²) < 4.78 is 36.6. The summed E-state index contributed by atoms with van der Waals surface area (Å²) in [6.45, 7) is 3.18. The Kier molecular flexibility index (Phi) is 10.2. The highest BCUT2D eigenvalue weighted by Crippen LogP contribution is 2.41. The molecule has 248 valence electrons. The molecule has 5 rings (SSSR count). The Hall–Kier alpha value is -3.66. The van der Waals surface area contributed by atoms with Crippen molar-refractivity contribution in [1.29, 1.82) is 0 Å². The lowest BCUT2D eigenvalue weighted by Crippen LogP contribution is -2.58. The zero-order valence-electron chi connectivity index (χ0n) is 25.3. The number of carbonyl (C=O) groups excluding carboxylic acids is 1. The number of nitrogens with one attached hydrogen (secondary N) is 1. The van der Waals surface area contributed by atoms with Crippen LogP contribution in [0, 0.1) is 18.8 Å². The number of aliphatic hydroxyl groups excluding tert-OH is 4. The topological polar surface area (TPSA) is 187 Å². The first kappa shape index (κ1) is 33.7. The number of pyridine rings is 3. The number of esters is 1. The molecule has 6 N–H and O–H groups in total. The second-order valence-electron chi connectivity index (χ2n) is 12.1. The number of alkyl halides is 2. The second kappa shape index (κ2) is 14.0. The molecule has 0 bridgehead atoms. The number of rotatable bonds is 9. The molecule has 0 amide bonds. The monoisotopic (exact) mass is 644 g/mol. The number of aliphatic hydroxyl groups is 5. The van der Waals surface area contributed by atoms with E-state index >= 15 is 0 Å². The molecule has 2 fully saturated rings. The predicted molar refractivity (Wildman–Crippen MR) is 160 cm³/mol. The van der Waals surface area contributed by atoms with Crippen LogP contribution in [0.3, 0.4) is 0 Å². The fourth-order valence-corrected chi connectivity index (χ4v) is 5.96. The van der Waals surface area contributed by atoms with E-state index in [1.54, 1.807) is 31.3 Å². The molecule has 0 spiro atoms. The van der Waals surface area contributed by atoms with Gasteiger partial charge in [0.1, 0.15) is 48.3 Å². The molecule has 0 aromatic carbocycles. The summed E-state index contributed by atoms with van der Waals surface area (Å²) in [4.78, 5) is 25.9. The smallest absolute Gasteiger partial charge is 0.309 e. The normalized spacial score (nSPS) is 28.0. The Labute approximate surface area is 264 Å². The van der Waals surface area contributed by atoms with E-state index in [9.17, 15) is 39.1 Å². The molecule has 6 atom stereocenters. The van der Waals surface area contributed by atoms with Crippen LogP contribution < -0.4 is 5.32 Å². The van der Waals surface area contributed by atoms with Crippen molar-refractivity contribution >= 4 is 17.6 Å². The first-order valence-corrected chi connectivity index (χ1v) is 15.1. The number of halogens is 2. The van der Waals surface area contributed by atoms with E-state index in [1.807, 2.05) is 13.0 Å². The highest BCUT2D eigenvalue weighted by molar-refractivity contribution is 5.72. The number of carbonyl (C=O) groups is 1.